The van der Waals surface area contributed by atoms with Gasteiger partial charge in [-0.2, -0.15) is 4.99 Å². The number of nitrogens with zero attached hydrogens (tertiary/aromatic N) is 3. The summed E-state index contributed by atoms with van der Waals surface area (Å²) in [4.78, 5) is 21.9. The number of hydrogen-bond acceptors (Lipinski definition) is 8. The Hall–Kier alpha value is -3.98. The van der Waals surface area contributed by atoms with Crippen LogP contribution in [0.4, 0.5) is 11.6 Å². The topological polar surface area (TPSA) is 103 Å². The number of fused-ring (bicyclic) bond motifs is 2. The minimum absolute atomic E-state index is 0.212. The predicted molar refractivity (Wildman–Crippen MR) is 127 cm³/mol. The maximum atomic E-state index is 13.8. The molecule has 1 aromatic heterocycles. The lowest BCUT2D eigenvalue weighted by atomic mass is 9.98. The molecule has 0 radical (unpaired) electrons. The van der Waals surface area contributed by atoms with Gasteiger partial charge in [0, 0.05) is 18.8 Å². The Bertz CT molecular complexity index is 1250. The number of carbonyl (C=O) groups is 1. The van der Waals surface area contributed by atoms with Gasteiger partial charge < -0.3 is 34.2 Å². The molecule has 0 saturated carbocycles. The van der Waals surface area contributed by atoms with Crippen LogP contribution in [0.5, 0.6) is 17.2 Å². The lowest BCUT2D eigenvalue weighted by molar-refractivity contribution is -0.125. The third kappa shape index (κ3) is 3.63. The van der Waals surface area contributed by atoms with E-state index in [0.29, 0.717) is 48.2 Å². The van der Waals surface area contributed by atoms with Gasteiger partial charge in [-0.25, -0.2) is 0 Å². The molecule has 0 spiro atoms. The molecule has 2 aliphatic heterocycles. The highest BCUT2D eigenvalue weighted by atomic mass is 16.5. The Morgan fingerprint density at radius 3 is 2.41 bits per heavy atom. The SMILES string of the molecule is COc1ccc(N2C(C(=O)N3CCc4cc(OC)c(OC)cc4C3)=Nc3occc3C2N)cc1. The first kappa shape index (κ1) is 21.8. The first-order chi connectivity index (χ1) is 16.5. The van der Waals surface area contributed by atoms with E-state index in [2.05, 4.69) is 4.99 Å². The fourth-order valence-electron chi connectivity index (χ4n) is 4.42. The summed E-state index contributed by atoms with van der Waals surface area (Å²) in [6.07, 6.45) is 1.60. The van der Waals surface area contributed by atoms with Crippen LogP contribution in [0.3, 0.4) is 0 Å². The number of anilines is 1. The third-order valence-electron chi connectivity index (χ3n) is 6.25. The largest absolute Gasteiger partial charge is 0.497 e. The summed E-state index contributed by atoms with van der Waals surface area (Å²) in [7, 11) is 4.82. The molecule has 0 fully saturated rings. The van der Waals surface area contributed by atoms with Crippen molar-refractivity contribution in [3.8, 4) is 17.2 Å². The molecule has 2 aliphatic rings. The van der Waals surface area contributed by atoms with Crippen molar-refractivity contribution in [3.63, 3.8) is 0 Å². The number of nitrogens with two attached hydrogens (primary N) is 1. The molecule has 1 unspecified atom stereocenters. The molecular weight excluding hydrogens is 436 g/mol. The zero-order valence-electron chi connectivity index (χ0n) is 19.3. The second kappa shape index (κ2) is 8.75. The Morgan fingerprint density at radius 1 is 1.03 bits per heavy atom. The summed E-state index contributed by atoms with van der Waals surface area (Å²) >= 11 is 0. The fourth-order valence-corrected chi connectivity index (χ4v) is 4.42. The second-order valence-corrected chi connectivity index (χ2v) is 8.08. The van der Waals surface area contributed by atoms with Gasteiger partial charge in [0.1, 0.15) is 11.9 Å². The molecule has 5 rings (SSSR count). The van der Waals surface area contributed by atoms with Gasteiger partial charge in [-0.05, 0) is 60.0 Å². The van der Waals surface area contributed by atoms with E-state index in [-0.39, 0.29) is 11.7 Å². The molecule has 176 valence electrons. The molecule has 0 bridgehead atoms. The van der Waals surface area contributed by atoms with Gasteiger partial charge in [-0.15, -0.1) is 0 Å². The zero-order valence-corrected chi connectivity index (χ0v) is 19.3. The molecule has 0 saturated heterocycles. The predicted octanol–water partition coefficient (Wildman–Crippen LogP) is 3.40. The summed E-state index contributed by atoms with van der Waals surface area (Å²) in [5, 5.41) is 0. The number of amides is 1. The first-order valence-corrected chi connectivity index (χ1v) is 10.9. The van der Waals surface area contributed by atoms with Crippen LogP contribution >= 0.6 is 0 Å². The van der Waals surface area contributed by atoms with Gasteiger partial charge in [0.15, 0.2) is 11.5 Å². The van der Waals surface area contributed by atoms with E-state index in [1.54, 1.807) is 37.2 Å². The van der Waals surface area contributed by atoms with Gasteiger partial charge in [-0.1, -0.05) is 0 Å². The number of amidine groups is 1. The number of rotatable bonds is 5. The van der Waals surface area contributed by atoms with Crippen molar-refractivity contribution in [2.45, 2.75) is 19.1 Å². The molecule has 3 heterocycles. The summed E-state index contributed by atoms with van der Waals surface area (Å²) in [6.45, 7) is 0.960. The molecule has 34 heavy (non-hydrogen) atoms. The number of furan rings is 1. The van der Waals surface area contributed by atoms with Crippen molar-refractivity contribution in [2.24, 2.45) is 10.7 Å². The molecule has 2 aromatic carbocycles. The lowest BCUT2D eigenvalue weighted by Crippen LogP contribution is -2.51. The maximum absolute atomic E-state index is 13.8. The van der Waals surface area contributed by atoms with Gasteiger partial charge in [-0.3, -0.25) is 4.79 Å². The quantitative estimate of drug-likeness (QED) is 0.620. The summed E-state index contributed by atoms with van der Waals surface area (Å²) < 4.78 is 21.7. The number of benzene rings is 2. The second-order valence-electron chi connectivity index (χ2n) is 8.08. The van der Waals surface area contributed by atoms with E-state index in [4.69, 9.17) is 24.4 Å². The Kier molecular flexibility index (Phi) is 5.62. The van der Waals surface area contributed by atoms with Crippen LogP contribution in [0.25, 0.3) is 0 Å². The van der Waals surface area contributed by atoms with Crippen molar-refractivity contribution in [3.05, 3.63) is 65.4 Å². The number of ether oxygens (including phenoxy) is 3. The smallest absolute Gasteiger partial charge is 0.290 e. The molecule has 1 atom stereocenters. The molecule has 9 heteroatoms. The van der Waals surface area contributed by atoms with Crippen molar-refractivity contribution in [2.75, 3.05) is 32.8 Å². The van der Waals surface area contributed by atoms with Gasteiger partial charge >= 0.3 is 0 Å². The Balaban J connectivity index is 1.50. The summed E-state index contributed by atoms with van der Waals surface area (Å²) in [5.74, 6) is 2.36. The third-order valence-corrected chi connectivity index (χ3v) is 6.25. The molecule has 3 aromatic rings. The molecule has 9 nitrogen and oxygen atoms in total. The van der Waals surface area contributed by atoms with Crippen molar-refractivity contribution < 1.29 is 23.4 Å². The maximum Gasteiger partial charge on any atom is 0.290 e. The van der Waals surface area contributed by atoms with Crippen LogP contribution in [0.1, 0.15) is 22.9 Å². The highest BCUT2D eigenvalue weighted by molar-refractivity contribution is 6.43. The van der Waals surface area contributed by atoms with Crippen LogP contribution in [-0.4, -0.2) is 44.5 Å². The van der Waals surface area contributed by atoms with Gasteiger partial charge in [0.2, 0.25) is 11.7 Å². The minimum atomic E-state index is -0.625. The van der Waals surface area contributed by atoms with Crippen LogP contribution in [0.2, 0.25) is 0 Å². The molecule has 1 amide bonds. The van der Waals surface area contributed by atoms with Crippen LogP contribution < -0.4 is 24.8 Å². The van der Waals surface area contributed by atoms with Crippen molar-refractivity contribution >= 4 is 23.3 Å². The Morgan fingerprint density at radius 2 is 1.74 bits per heavy atom. The van der Waals surface area contributed by atoms with Crippen LogP contribution in [-0.2, 0) is 17.8 Å². The zero-order chi connectivity index (χ0) is 23.8. The van der Waals surface area contributed by atoms with Crippen LogP contribution in [0.15, 0.2) is 58.1 Å². The van der Waals surface area contributed by atoms with Crippen molar-refractivity contribution in [1.82, 2.24) is 4.90 Å². The summed E-state index contributed by atoms with van der Waals surface area (Å²) in [5.41, 5.74) is 10.2. The number of methoxy groups -OCH3 is 3. The monoisotopic (exact) mass is 462 g/mol. The van der Waals surface area contributed by atoms with Gasteiger partial charge in [0.25, 0.3) is 5.91 Å². The average Bonchev–Trinajstić information content (AvgIpc) is 3.36. The standard InChI is InChI=1S/C25H26N4O5/c1-31-18-6-4-17(5-7-18)29-22(26)19-9-11-34-24(19)27-23(29)25(30)28-10-8-15-12-20(32-2)21(33-3)13-16(15)14-28/h4-7,9,11-13,22H,8,10,14,26H2,1-3H3. The van der Waals surface area contributed by atoms with E-state index in [1.807, 2.05) is 36.4 Å². The molecular formula is C25H26N4O5. The normalized spacial score (nSPS) is 16.9. The van der Waals surface area contributed by atoms with Gasteiger partial charge in [0.05, 0.1) is 33.2 Å². The number of hydrogen-bond donors (Lipinski definition) is 1. The fraction of sp³-hybridized carbons (Fsp3) is 0.280. The number of carbonyl (C=O) groups excluding carboxylic acids is 1. The van der Waals surface area contributed by atoms with E-state index in [9.17, 15) is 4.79 Å². The molecule has 0 aliphatic carbocycles. The summed E-state index contributed by atoms with van der Waals surface area (Å²) in [6, 6.07) is 13.0. The van der Waals surface area contributed by atoms with E-state index in [1.165, 1.54) is 6.26 Å². The highest BCUT2D eigenvalue weighted by Crippen LogP contribution is 2.38. The number of aliphatic imine (C=N–C) groups is 1. The van der Waals surface area contributed by atoms with E-state index >= 15 is 0 Å². The first-order valence-electron chi connectivity index (χ1n) is 10.9. The Labute approximate surface area is 197 Å². The lowest BCUT2D eigenvalue weighted by Gasteiger charge is -2.37. The highest BCUT2D eigenvalue weighted by Gasteiger charge is 2.37. The van der Waals surface area contributed by atoms with Crippen molar-refractivity contribution in [1.29, 1.82) is 0 Å². The van der Waals surface area contributed by atoms with Crippen LogP contribution in [0, 0.1) is 0 Å². The molecule has 2 N–H and O–H groups in total. The minimum Gasteiger partial charge on any atom is -0.497 e. The average molecular weight is 463 g/mol. The van der Waals surface area contributed by atoms with E-state index in [0.717, 1.165) is 16.8 Å². The van der Waals surface area contributed by atoms with E-state index < -0.39 is 6.17 Å².